The van der Waals surface area contributed by atoms with Crippen molar-refractivity contribution in [1.82, 2.24) is 5.32 Å². The maximum atomic E-state index is 13.0. The highest BCUT2D eigenvalue weighted by Gasteiger charge is 2.33. The highest BCUT2D eigenvalue weighted by Crippen LogP contribution is 2.16. The van der Waals surface area contributed by atoms with Crippen molar-refractivity contribution < 1.29 is 18.7 Å². The van der Waals surface area contributed by atoms with E-state index < -0.39 is 5.54 Å². The number of rotatable bonds is 8. The molecule has 0 aromatic heterocycles. The number of hydrogen-bond acceptors (Lipinski definition) is 4. The number of benzene rings is 1. The van der Waals surface area contributed by atoms with E-state index in [1.807, 2.05) is 6.92 Å². The minimum absolute atomic E-state index is 0.297. The molecule has 0 radical (unpaired) electrons. The van der Waals surface area contributed by atoms with Gasteiger partial charge in [-0.05, 0) is 32.0 Å². The molecule has 0 saturated heterocycles. The first-order valence-electron chi connectivity index (χ1n) is 6.73. The van der Waals surface area contributed by atoms with Gasteiger partial charge in [-0.15, -0.1) is 0 Å². The van der Waals surface area contributed by atoms with Crippen LogP contribution >= 0.6 is 0 Å². The minimum atomic E-state index is -0.794. The van der Waals surface area contributed by atoms with Crippen LogP contribution in [0.4, 0.5) is 4.39 Å². The van der Waals surface area contributed by atoms with Gasteiger partial charge in [0, 0.05) is 12.5 Å². The molecule has 112 valence electrons. The maximum Gasteiger partial charge on any atom is 0.325 e. The topological polar surface area (TPSA) is 47.6 Å². The molecule has 1 rings (SSSR count). The quantitative estimate of drug-likeness (QED) is 0.745. The normalized spacial score (nSPS) is 13.6. The molecule has 0 aliphatic heterocycles. The molecule has 1 N–H and O–H groups in total. The van der Waals surface area contributed by atoms with Crippen LogP contribution in [0.15, 0.2) is 24.3 Å². The molecule has 4 nitrogen and oxygen atoms in total. The average molecular weight is 283 g/mol. The molecule has 1 unspecified atom stereocenters. The summed E-state index contributed by atoms with van der Waals surface area (Å²) >= 11 is 0. The van der Waals surface area contributed by atoms with E-state index in [-0.39, 0.29) is 11.8 Å². The highest BCUT2D eigenvalue weighted by molar-refractivity contribution is 5.80. The summed E-state index contributed by atoms with van der Waals surface area (Å²) in [5, 5.41) is 3.17. The van der Waals surface area contributed by atoms with Gasteiger partial charge in [-0.2, -0.15) is 0 Å². The number of nitrogens with one attached hydrogen (secondary N) is 1. The van der Waals surface area contributed by atoms with Crippen molar-refractivity contribution in [3.63, 3.8) is 0 Å². The molecule has 0 amide bonds. The summed E-state index contributed by atoms with van der Waals surface area (Å²) in [5.74, 6) is -0.219. The van der Waals surface area contributed by atoms with Gasteiger partial charge >= 0.3 is 5.97 Å². The molecule has 0 saturated carbocycles. The molecule has 0 spiro atoms. The van der Waals surface area contributed by atoms with Crippen molar-refractivity contribution in [2.45, 2.75) is 32.2 Å². The lowest BCUT2D eigenvalue weighted by molar-refractivity contribution is -0.148. The lowest BCUT2D eigenvalue weighted by Crippen LogP contribution is -2.51. The van der Waals surface area contributed by atoms with Crippen molar-refractivity contribution in [3.8, 4) is 5.75 Å². The lowest BCUT2D eigenvalue weighted by Gasteiger charge is -2.27. The van der Waals surface area contributed by atoms with Gasteiger partial charge in [-0.1, -0.05) is 13.0 Å². The fraction of sp³-hybridized carbons (Fsp3) is 0.533. The van der Waals surface area contributed by atoms with Gasteiger partial charge in [0.2, 0.25) is 0 Å². The molecule has 20 heavy (non-hydrogen) atoms. The van der Waals surface area contributed by atoms with Crippen LogP contribution in [0.5, 0.6) is 5.75 Å². The third-order valence-electron chi connectivity index (χ3n) is 3.07. The van der Waals surface area contributed by atoms with Crippen LogP contribution in [0, 0.1) is 5.82 Å². The standard InChI is InChI=1S/C15H22FNO3/c1-4-9-17-15(2,14(18)19-3)8-10-20-13-7-5-6-12(16)11-13/h5-7,11,17H,4,8-10H2,1-3H3. The molecule has 0 aliphatic rings. The van der Waals surface area contributed by atoms with Crippen molar-refractivity contribution in [2.24, 2.45) is 0 Å². The first kappa shape index (κ1) is 16.4. The smallest absolute Gasteiger partial charge is 0.325 e. The Morgan fingerprint density at radius 2 is 2.20 bits per heavy atom. The van der Waals surface area contributed by atoms with Gasteiger partial charge in [0.05, 0.1) is 13.7 Å². The third kappa shape index (κ3) is 4.81. The number of hydrogen-bond donors (Lipinski definition) is 1. The summed E-state index contributed by atoms with van der Waals surface area (Å²) in [6.45, 7) is 4.81. The number of halogens is 1. The highest BCUT2D eigenvalue weighted by atomic mass is 19.1. The fourth-order valence-electron chi connectivity index (χ4n) is 1.82. The van der Waals surface area contributed by atoms with Gasteiger partial charge in [-0.25, -0.2) is 4.39 Å². The van der Waals surface area contributed by atoms with Crippen molar-refractivity contribution in [3.05, 3.63) is 30.1 Å². The fourth-order valence-corrected chi connectivity index (χ4v) is 1.82. The van der Waals surface area contributed by atoms with E-state index in [9.17, 15) is 9.18 Å². The second kappa shape index (κ2) is 7.85. The third-order valence-corrected chi connectivity index (χ3v) is 3.07. The zero-order chi connectivity index (χ0) is 15.0. The van der Waals surface area contributed by atoms with Gasteiger partial charge in [0.25, 0.3) is 0 Å². The summed E-state index contributed by atoms with van der Waals surface area (Å²) in [4.78, 5) is 11.8. The Bertz CT molecular complexity index is 439. The Balaban J connectivity index is 2.56. The van der Waals surface area contributed by atoms with Gasteiger partial charge in [-0.3, -0.25) is 4.79 Å². The van der Waals surface area contributed by atoms with Crippen LogP contribution in [0.2, 0.25) is 0 Å². The van der Waals surface area contributed by atoms with Crippen LogP contribution < -0.4 is 10.1 Å². The molecule has 1 aromatic carbocycles. The molecule has 0 heterocycles. The molecular weight excluding hydrogens is 261 g/mol. The predicted molar refractivity (Wildman–Crippen MR) is 75.2 cm³/mol. The van der Waals surface area contributed by atoms with Crippen molar-refractivity contribution >= 4 is 5.97 Å². The summed E-state index contributed by atoms with van der Waals surface area (Å²) in [7, 11) is 1.36. The first-order chi connectivity index (χ1) is 9.51. The van der Waals surface area contributed by atoms with E-state index in [0.29, 0.717) is 25.3 Å². The molecule has 0 bridgehead atoms. The molecule has 1 atom stereocenters. The Hall–Kier alpha value is -1.62. The molecule has 0 fully saturated rings. The molecular formula is C15H22FNO3. The van der Waals surface area contributed by atoms with Crippen LogP contribution in [0.3, 0.4) is 0 Å². The van der Waals surface area contributed by atoms with E-state index >= 15 is 0 Å². The van der Waals surface area contributed by atoms with Crippen LogP contribution in [-0.2, 0) is 9.53 Å². The Morgan fingerprint density at radius 3 is 2.80 bits per heavy atom. The minimum Gasteiger partial charge on any atom is -0.493 e. The number of carbonyl (C=O) groups excluding carboxylic acids is 1. The summed E-state index contributed by atoms with van der Waals surface area (Å²) in [6.07, 6.45) is 1.35. The second-order valence-corrected chi connectivity index (χ2v) is 4.81. The van der Waals surface area contributed by atoms with Crippen LogP contribution in [0.25, 0.3) is 0 Å². The first-order valence-corrected chi connectivity index (χ1v) is 6.73. The lowest BCUT2D eigenvalue weighted by atomic mass is 9.98. The number of methoxy groups -OCH3 is 1. The van der Waals surface area contributed by atoms with E-state index in [1.165, 1.54) is 19.2 Å². The number of ether oxygens (including phenoxy) is 2. The van der Waals surface area contributed by atoms with Crippen LogP contribution in [-0.4, -0.2) is 31.8 Å². The van der Waals surface area contributed by atoms with Gasteiger partial charge < -0.3 is 14.8 Å². The zero-order valence-electron chi connectivity index (χ0n) is 12.2. The number of carbonyl (C=O) groups is 1. The number of esters is 1. The zero-order valence-corrected chi connectivity index (χ0v) is 12.2. The maximum absolute atomic E-state index is 13.0. The van der Waals surface area contributed by atoms with E-state index in [4.69, 9.17) is 9.47 Å². The Kier molecular flexibility index (Phi) is 6.45. The van der Waals surface area contributed by atoms with Gasteiger partial charge in [0.1, 0.15) is 17.1 Å². The summed E-state index contributed by atoms with van der Waals surface area (Å²) in [5.41, 5.74) is -0.794. The molecule has 5 heteroatoms. The molecule has 1 aromatic rings. The van der Waals surface area contributed by atoms with Gasteiger partial charge in [0.15, 0.2) is 0 Å². The van der Waals surface area contributed by atoms with E-state index in [2.05, 4.69) is 5.32 Å². The van der Waals surface area contributed by atoms with Crippen molar-refractivity contribution in [1.29, 1.82) is 0 Å². The summed E-state index contributed by atoms with van der Waals surface area (Å²) in [6, 6.07) is 5.93. The predicted octanol–water partition coefficient (Wildman–Crippen LogP) is 2.53. The van der Waals surface area contributed by atoms with E-state index in [1.54, 1.807) is 19.1 Å². The SMILES string of the molecule is CCCNC(C)(CCOc1cccc(F)c1)C(=O)OC. The largest absolute Gasteiger partial charge is 0.493 e. The van der Waals surface area contributed by atoms with Crippen molar-refractivity contribution in [2.75, 3.05) is 20.3 Å². The second-order valence-electron chi connectivity index (χ2n) is 4.81. The van der Waals surface area contributed by atoms with E-state index in [0.717, 1.165) is 6.42 Å². The molecule has 0 aliphatic carbocycles. The monoisotopic (exact) mass is 283 g/mol. The average Bonchev–Trinajstić information content (AvgIpc) is 2.44. The Labute approximate surface area is 119 Å². The van der Waals surface area contributed by atoms with Crippen LogP contribution in [0.1, 0.15) is 26.7 Å². The summed E-state index contributed by atoms with van der Waals surface area (Å²) < 4.78 is 23.3. The Morgan fingerprint density at radius 1 is 1.45 bits per heavy atom.